The van der Waals surface area contributed by atoms with E-state index >= 15 is 0 Å². The normalized spacial score (nSPS) is 14.1. The number of nitrogens with two attached hydrogens (primary N) is 1. The molecule has 8 heteroatoms. The molecule has 0 radical (unpaired) electrons. The van der Waals surface area contributed by atoms with Crippen LogP contribution in [0.3, 0.4) is 0 Å². The number of nitrogens with zero attached hydrogens (tertiary/aromatic N) is 1. The zero-order chi connectivity index (χ0) is 19.4. The van der Waals surface area contributed by atoms with Gasteiger partial charge in [0.15, 0.2) is 11.6 Å². The number of fused-ring (bicyclic) bond motifs is 2. The number of rotatable bonds is 4. The van der Waals surface area contributed by atoms with Crippen LogP contribution in [0.1, 0.15) is 12.8 Å². The van der Waals surface area contributed by atoms with Crippen LogP contribution in [0.4, 0.5) is 10.1 Å². The van der Waals surface area contributed by atoms with E-state index in [-0.39, 0.29) is 11.4 Å². The summed E-state index contributed by atoms with van der Waals surface area (Å²) >= 11 is 6.23. The van der Waals surface area contributed by atoms with E-state index in [1.165, 1.54) is 6.07 Å². The highest BCUT2D eigenvalue weighted by Gasteiger charge is 2.23. The molecular weight excluding hydrogens is 383 g/mol. The minimum Gasteiger partial charge on any atom is -0.490 e. The molecule has 0 unspecified atom stereocenters. The smallest absolute Gasteiger partial charge is 0.272 e. The third-order valence-corrected chi connectivity index (χ3v) is 5.42. The van der Waals surface area contributed by atoms with Crippen LogP contribution in [0.15, 0.2) is 35.3 Å². The molecule has 2 heterocycles. The van der Waals surface area contributed by atoms with Gasteiger partial charge in [-0.25, -0.2) is 4.39 Å². The highest BCUT2D eigenvalue weighted by atomic mass is 35.5. The number of hydrogen-bond acceptors (Lipinski definition) is 4. The average molecular weight is 399 g/mol. The van der Waals surface area contributed by atoms with E-state index in [0.717, 1.165) is 18.2 Å². The van der Waals surface area contributed by atoms with Crippen molar-refractivity contribution in [1.82, 2.24) is 15.2 Å². The highest BCUT2D eigenvalue weighted by molar-refractivity contribution is 6.35. The molecule has 2 aromatic carbocycles. The fraction of sp³-hybridized carbons (Fsp3) is 0.200. The molecule has 1 saturated carbocycles. The Balaban J connectivity index is 1.79. The summed E-state index contributed by atoms with van der Waals surface area (Å²) in [5, 5.41) is 8.71. The van der Waals surface area contributed by atoms with Crippen molar-refractivity contribution in [2.24, 2.45) is 5.92 Å². The summed E-state index contributed by atoms with van der Waals surface area (Å²) < 4.78 is 20.2. The lowest BCUT2D eigenvalue weighted by Crippen LogP contribution is -2.14. The summed E-state index contributed by atoms with van der Waals surface area (Å²) in [4.78, 5) is 15.0. The van der Waals surface area contributed by atoms with E-state index in [1.54, 1.807) is 24.4 Å². The van der Waals surface area contributed by atoms with Crippen molar-refractivity contribution in [1.29, 1.82) is 0 Å². The lowest BCUT2D eigenvalue weighted by molar-refractivity contribution is 0.286. The zero-order valence-corrected chi connectivity index (χ0v) is 15.4. The van der Waals surface area contributed by atoms with E-state index < -0.39 is 11.4 Å². The second-order valence-corrected chi connectivity index (χ2v) is 7.49. The first-order chi connectivity index (χ1) is 13.5. The summed E-state index contributed by atoms with van der Waals surface area (Å²) in [5.41, 5.74) is 7.87. The van der Waals surface area contributed by atoms with Gasteiger partial charge in [0.05, 0.1) is 28.9 Å². The van der Waals surface area contributed by atoms with Gasteiger partial charge in [0.2, 0.25) is 0 Å². The molecule has 28 heavy (non-hydrogen) atoms. The van der Waals surface area contributed by atoms with Crippen LogP contribution in [-0.2, 0) is 0 Å². The van der Waals surface area contributed by atoms with Crippen LogP contribution in [0.25, 0.3) is 32.9 Å². The van der Waals surface area contributed by atoms with Crippen molar-refractivity contribution in [2.45, 2.75) is 12.8 Å². The fourth-order valence-electron chi connectivity index (χ4n) is 3.42. The first-order valence-corrected chi connectivity index (χ1v) is 9.30. The molecule has 0 bridgehead atoms. The molecule has 0 aliphatic heterocycles. The summed E-state index contributed by atoms with van der Waals surface area (Å²) in [6.45, 7) is 0.476. The number of ether oxygens (including phenoxy) is 1. The van der Waals surface area contributed by atoms with Crippen LogP contribution in [0, 0.1) is 11.7 Å². The maximum absolute atomic E-state index is 14.5. The third-order valence-electron chi connectivity index (χ3n) is 5.11. The van der Waals surface area contributed by atoms with Crippen molar-refractivity contribution >= 4 is 39.1 Å². The minimum absolute atomic E-state index is 0.0390. The number of aromatic nitrogens is 3. The Labute approximate surface area is 163 Å². The Morgan fingerprint density at radius 2 is 2.11 bits per heavy atom. The molecular formula is C20H16ClFN4O2. The van der Waals surface area contributed by atoms with Gasteiger partial charge in [-0.1, -0.05) is 17.7 Å². The molecule has 0 saturated heterocycles. The van der Waals surface area contributed by atoms with Crippen LogP contribution < -0.4 is 16.0 Å². The standard InChI is InChI=1S/C20H16ClFN4O2/c21-13-4-3-10(12-7-24-26-19(12)13)17-11-5-16(28-8-9-1-2-9)14(22)6-15(11)25-20(27)18(17)23/h3-7,9H,1-2,8,23H2,(H,24,26)(H,25,27). The minimum atomic E-state index is -0.524. The van der Waals surface area contributed by atoms with Crippen LogP contribution in [0.5, 0.6) is 5.75 Å². The van der Waals surface area contributed by atoms with E-state index in [2.05, 4.69) is 15.2 Å². The maximum Gasteiger partial charge on any atom is 0.272 e. The van der Waals surface area contributed by atoms with Crippen LogP contribution in [0.2, 0.25) is 5.02 Å². The first kappa shape index (κ1) is 17.1. The third kappa shape index (κ3) is 2.70. The van der Waals surface area contributed by atoms with E-state index in [9.17, 15) is 9.18 Å². The Hall–Kier alpha value is -3.06. The Kier molecular flexibility index (Phi) is 3.80. The Morgan fingerprint density at radius 3 is 2.89 bits per heavy atom. The topological polar surface area (TPSA) is 96.8 Å². The predicted molar refractivity (Wildman–Crippen MR) is 107 cm³/mol. The molecule has 4 aromatic rings. The summed E-state index contributed by atoms with van der Waals surface area (Å²) in [5.74, 6) is 0.102. The number of benzene rings is 2. The number of nitrogen functional groups attached to an aromatic ring is 1. The number of pyridine rings is 1. The van der Waals surface area contributed by atoms with Gasteiger partial charge < -0.3 is 15.5 Å². The van der Waals surface area contributed by atoms with Gasteiger partial charge in [0.1, 0.15) is 5.69 Å². The molecule has 1 aliphatic carbocycles. The second-order valence-electron chi connectivity index (χ2n) is 7.08. The predicted octanol–water partition coefficient (Wildman–Crippen LogP) is 4.23. The lowest BCUT2D eigenvalue weighted by Gasteiger charge is -2.14. The van der Waals surface area contributed by atoms with E-state index in [4.69, 9.17) is 22.1 Å². The van der Waals surface area contributed by atoms with Crippen molar-refractivity contribution < 1.29 is 9.13 Å². The van der Waals surface area contributed by atoms with Crippen LogP contribution in [-0.4, -0.2) is 21.8 Å². The summed E-state index contributed by atoms with van der Waals surface area (Å²) in [6, 6.07) is 6.34. The number of nitrogens with one attached hydrogen (secondary N) is 2. The molecule has 6 nitrogen and oxygen atoms in total. The highest BCUT2D eigenvalue weighted by Crippen LogP contribution is 2.39. The largest absolute Gasteiger partial charge is 0.490 e. The number of hydrogen-bond donors (Lipinski definition) is 3. The van der Waals surface area contributed by atoms with Gasteiger partial charge >= 0.3 is 0 Å². The number of anilines is 1. The van der Waals surface area contributed by atoms with Gasteiger partial charge in [-0.3, -0.25) is 9.89 Å². The molecule has 4 N–H and O–H groups in total. The average Bonchev–Trinajstić information content (AvgIpc) is 3.36. The van der Waals surface area contributed by atoms with E-state index in [1.807, 2.05) is 0 Å². The molecule has 142 valence electrons. The molecule has 2 aromatic heterocycles. The van der Waals surface area contributed by atoms with Crippen LogP contribution >= 0.6 is 11.6 Å². The molecule has 0 spiro atoms. The van der Waals surface area contributed by atoms with E-state index in [0.29, 0.717) is 45.1 Å². The summed E-state index contributed by atoms with van der Waals surface area (Å²) in [7, 11) is 0. The quantitative estimate of drug-likeness (QED) is 0.479. The maximum atomic E-state index is 14.5. The number of aromatic amines is 2. The van der Waals surface area contributed by atoms with Gasteiger partial charge in [0, 0.05) is 22.4 Å². The lowest BCUT2D eigenvalue weighted by atomic mass is 9.96. The fourth-order valence-corrected chi connectivity index (χ4v) is 3.63. The van der Waals surface area contributed by atoms with Crippen molar-refractivity contribution in [3.05, 3.63) is 51.7 Å². The first-order valence-electron chi connectivity index (χ1n) is 8.92. The molecule has 1 aliphatic rings. The summed E-state index contributed by atoms with van der Waals surface area (Å²) in [6.07, 6.45) is 3.82. The van der Waals surface area contributed by atoms with Gasteiger partial charge in [0.25, 0.3) is 5.56 Å². The van der Waals surface area contributed by atoms with Crippen molar-refractivity contribution in [3.63, 3.8) is 0 Å². The number of H-pyrrole nitrogens is 2. The molecule has 0 amide bonds. The molecule has 5 rings (SSSR count). The Morgan fingerprint density at radius 1 is 1.29 bits per heavy atom. The zero-order valence-electron chi connectivity index (χ0n) is 14.7. The van der Waals surface area contributed by atoms with Crippen molar-refractivity contribution in [2.75, 3.05) is 12.3 Å². The number of halogens is 2. The Bertz CT molecular complexity index is 1290. The van der Waals surface area contributed by atoms with Crippen molar-refractivity contribution in [3.8, 4) is 16.9 Å². The second kappa shape index (κ2) is 6.24. The monoisotopic (exact) mass is 398 g/mol. The molecule has 1 fully saturated rings. The van der Waals surface area contributed by atoms with Gasteiger partial charge in [-0.2, -0.15) is 5.10 Å². The van der Waals surface area contributed by atoms with Gasteiger partial charge in [-0.05, 0) is 36.5 Å². The molecule has 0 atom stereocenters. The van der Waals surface area contributed by atoms with Gasteiger partial charge in [-0.15, -0.1) is 0 Å². The SMILES string of the molecule is Nc1c(-c2ccc(Cl)c3[nH]ncc23)c2cc(OCC3CC3)c(F)cc2[nH]c1=O.